The number of hydrogen-bond donors (Lipinski definition) is 2. The molecule has 1 rings (SSSR count). The smallest absolute Gasteiger partial charge is 0.239 e. The van der Waals surface area contributed by atoms with Crippen LogP contribution in [0.15, 0.2) is 0 Å². The number of hydrogen-bond acceptors (Lipinski definition) is 3. The molecule has 0 radical (unpaired) electrons. The topological polar surface area (TPSA) is 61.4 Å². The van der Waals surface area contributed by atoms with Crippen LogP contribution in [0.25, 0.3) is 0 Å². The third-order valence-electron chi connectivity index (χ3n) is 3.35. The Balaban J connectivity index is 2.20. The van der Waals surface area contributed by atoms with Crippen molar-refractivity contribution in [2.45, 2.75) is 32.6 Å². The van der Waals surface area contributed by atoms with E-state index in [1.165, 1.54) is 17.7 Å². The minimum absolute atomic E-state index is 0.0619. The van der Waals surface area contributed by atoms with Crippen LogP contribution in [0.2, 0.25) is 0 Å². The van der Waals surface area contributed by atoms with Crippen LogP contribution in [0.1, 0.15) is 32.6 Å². The van der Waals surface area contributed by atoms with Crippen molar-refractivity contribution in [3.8, 4) is 0 Å². The summed E-state index contributed by atoms with van der Waals surface area (Å²) in [6.07, 6.45) is 3.88. The molecule has 0 aliphatic carbocycles. The molecule has 0 spiro atoms. The van der Waals surface area contributed by atoms with E-state index in [2.05, 4.69) is 10.6 Å². The van der Waals surface area contributed by atoms with Crippen molar-refractivity contribution in [3.63, 3.8) is 0 Å². The van der Waals surface area contributed by atoms with Gasteiger partial charge in [0.15, 0.2) is 0 Å². The number of rotatable bonds is 6. The SMILES string of the molecule is CCNC(=O)CN(C)C(=O)CCC1CCCNC1. The van der Waals surface area contributed by atoms with Crippen LogP contribution in [-0.4, -0.2) is 49.9 Å². The van der Waals surface area contributed by atoms with Gasteiger partial charge in [-0.05, 0) is 45.2 Å². The Morgan fingerprint density at radius 3 is 2.83 bits per heavy atom. The van der Waals surface area contributed by atoms with Crippen molar-refractivity contribution < 1.29 is 9.59 Å². The van der Waals surface area contributed by atoms with Crippen LogP contribution in [0.5, 0.6) is 0 Å². The van der Waals surface area contributed by atoms with Crippen LogP contribution in [0.4, 0.5) is 0 Å². The van der Waals surface area contributed by atoms with Crippen molar-refractivity contribution in [3.05, 3.63) is 0 Å². The van der Waals surface area contributed by atoms with Crippen molar-refractivity contribution >= 4 is 11.8 Å². The van der Waals surface area contributed by atoms with Crippen LogP contribution in [0.3, 0.4) is 0 Å². The van der Waals surface area contributed by atoms with E-state index < -0.39 is 0 Å². The number of carbonyl (C=O) groups excluding carboxylic acids is 2. The van der Waals surface area contributed by atoms with E-state index in [0.717, 1.165) is 19.5 Å². The lowest BCUT2D eigenvalue weighted by Gasteiger charge is -2.23. The molecule has 0 aromatic heterocycles. The predicted molar refractivity (Wildman–Crippen MR) is 71.1 cm³/mol. The summed E-state index contributed by atoms with van der Waals surface area (Å²) >= 11 is 0. The van der Waals surface area contributed by atoms with Gasteiger partial charge in [0.05, 0.1) is 6.54 Å². The van der Waals surface area contributed by atoms with Gasteiger partial charge >= 0.3 is 0 Å². The van der Waals surface area contributed by atoms with Crippen molar-refractivity contribution in [1.29, 1.82) is 0 Å². The first-order valence-electron chi connectivity index (χ1n) is 6.84. The molecule has 0 saturated carbocycles. The van der Waals surface area contributed by atoms with Gasteiger partial charge in [0, 0.05) is 20.0 Å². The minimum Gasteiger partial charge on any atom is -0.355 e. The first kappa shape index (κ1) is 15.0. The number of carbonyl (C=O) groups is 2. The molecule has 0 bridgehead atoms. The summed E-state index contributed by atoms with van der Waals surface area (Å²) in [5.74, 6) is 0.583. The molecule has 5 heteroatoms. The first-order chi connectivity index (χ1) is 8.63. The van der Waals surface area contributed by atoms with Crippen LogP contribution in [0, 0.1) is 5.92 Å². The molecule has 1 aliphatic rings. The lowest BCUT2D eigenvalue weighted by molar-refractivity contribution is -0.134. The van der Waals surface area contributed by atoms with E-state index in [1.54, 1.807) is 7.05 Å². The van der Waals surface area contributed by atoms with Gasteiger partial charge in [-0.3, -0.25) is 9.59 Å². The van der Waals surface area contributed by atoms with E-state index in [-0.39, 0.29) is 18.4 Å². The maximum atomic E-state index is 11.9. The highest BCUT2D eigenvalue weighted by molar-refractivity contribution is 5.84. The Bertz CT molecular complexity index is 275. The summed E-state index contributed by atoms with van der Waals surface area (Å²) in [5.41, 5.74) is 0. The van der Waals surface area contributed by atoms with Crippen LogP contribution < -0.4 is 10.6 Å². The van der Waals surface area contributed by atoms with Crippen LogP contribution in [-0.2, 0) is 9.59 Å². The van der Waals surface area contributed by atoms with E-state index in [1.807, 2.05) is 6.92 Å². The monoisotopic (exact) mass is 255 g/mol. The second-order valence-corrected chi connectivity index (χ2v) is 4.95. The molecule has 1 saturated heterocycles. The van der Waals surface area contributed by atoms with Gasteiger partial charge in [0.25, 0.3) is 0 Å². The largest absolute Gasteiger partial charge is 0.355 e. The molecule has 104 valence electrons. The molecule has 2 amide bonds. The summed E-state index contributed by atoms with van der Waals surface area (Å²) in [4.78, 5) is 24.7. The van der Waals surface area contributed by atoms with Gasteiger partial charge in [0.2, 0.25) is 11.8 Å². The third-order valence-corrected chi connectivity index (χ3v) is 3.35. The second-order valence-electron chi connectivity index (χ2n) is 4.95. The maximum absolute atomic E-state index is 11.9. The molecule has 0 aromatic carbocycles. The predicted octanol–water partition coefficient (Wildman–Crippen LogP) is 0.361. The molecule has 5 nitrogen and oxygen atoms in total. The standard InChI is InChI=1S/C13H25N3O2/c1-3-15-12(17)10-16(2)13(18)7-6-11-5-4-8-14-9-11/h11,14H,3-10H2,1-2H3,(H,15,17). The molecular formula is C13H25N3O2. The van der Waals surface area contributed by atoms with Gasteiger partial charge in [-0.15, -0.1) is 0 Å². The Hall–Kier alpha value is -1.10. The lowest BCUT2D eigenvalue weighted by Crippen LogP contribution is -2.38. The fraction of sp³-hybridized carbons (Fsp3) is 0.846. The normalized spacial score (nSPS) is 19.3. The highest BCUT2D eigenvalue weighted by Gasteiger charge is 2.17. The Morgan fingerprint density at radius 1 is 1.44 bits per heavy atom. The number of likely N-dealkylation sites (N-methyl/N-ethyl adjacent to an activating group) is 2. The Kier molecular flexibility index (Phi) is 6.72. The molecule has 1 atom stereocenters. The fourth-order valence-corrected chi connectivity index (χ4v) is 2.25. The molecule has 0 aromatic rings. The summed E-state index contributed by atoms with van der Waals surface area (Å²) in [7, 11) is 1.69. The van der Waals surface area contributed by atoms with E-state index >= 15 is 0 Å². The van der Waals surface area contributed by atoms with Crippen LogP contribution >= 0.6 is 0 Å². The zero-order valence-electron chi connectivity index (χ0n) is 11.5. The average molecular weight is 255 g/mol. The quantitative estimate of drug-likeness (QED) is 0.720. The van der Waals surface area contributed by atoms with Gasteiger partial charge < -0.3 is 15.5 Å². The molecule has 1 aliphatic heterocycles. The van der Waals surface area contributed by atoms with Crippen molar-refractivity contribution in [2.24, 2.45) is 5.92 Å². The lowest BCUT2D eigenvalue weighted by atomic mass is 9.94. The number of nitrogens with one attached hydrogen (secondary N) is 2. The maximum Gasteiger partial charge on any atom is 0.239 e. The van der Waals surface area contributed by atoms with E-state index in [9.17, 15) is 9.59 Å². The van der Waals surface area contributed by atoms with Crippen molar-refractivity contribution in [1.82, 2.24) is 15.5 Å². The Labute approximate surface area is 109 Å². The Morgan fingerprint density at radius 2 is 2.22 bits per heavy atom. The van der Waals surface area contributed by atoms with E-state index in [4.69, 9.17) is 0 Å². The summed E-state index contributed by atoms with van der Waals surface area (Å²) < 4.78 is 0. The van der Waals surface area contributed by atoms with E-state index in [0.29, 0.717) is 18.9 Å². The van der Waals surface area contributed by atoms with Gasteiger partial charge in [-0.2, -0.15) is 0 Å². The summed E-state index contributed by atoms with van der Waals surface area (Å²) in [6.45, 7) is 4.76. The molecule has 18 heavy (non-hydrogen) atoms. The summed E-state index contributed by atoms with van der Waals surface area (Å²) in [5, 5.41) is 6.04. The third kappa shape index (κ3) is 5.49. The molecule has 1 unspecified atom stereocenters. The minimum atomic E-state index is -0.0901. The number of piperidine rings is 1. The average Bonchev–Trinajstić information content (AvgIpc) is 2.37. The molecule has 1 fully saturated rings. The second kappa shape index (κ2) is 8.08. The summed E-state index contributed by atoms with van der Waals surface area (Å²) in [6, 6.07) is 0. The fourth-order valence-electron chi connectivity index (χ4n) is 2.25. The van der Waals surface area contributed by atoms with Crippen molar-refractivity contribution in [2.75, 3.05) is 33.2 Å². The van der Waals surface area contributed by atoms with Gasteiger partial charge in [-0.25, -0.2) is 0 Å². The number of amides is 2. The zero-order chi connectivity index (χ0) is 13.4. The first-order valence-corrected chi connectivity index (χ1v) is 6.84. The van der Waals surface area contributed by atoms with Gasteiger partial charge in [-0.1, -0.05) is 0 Å². The number of nitrogens with zero attached hydrogens (tertiary/aromatic N) is 1. The molecular weight excluding hydrogens is 230 g/mol. The zero-order valence-corrected chi connectivity index (χ0v) is 11.5. The van der Waals surface area contributed by atoms with Gasteiger partial charge in [0.1, 0.15) is 0 Å². The highest BCUT2D eigenvalue weighted by Crippen LogP contribution is 2.16. The molecule has 1 heterocycles. The highest BCUT2D eigenvalue weighted by atomic mass is 16.2. The molecule has 2 N–H and O–H groups in total.